The number of aromatic nitrogens is 2. The van der Waals surface area contributed by atoms with Gasteiger partial charge in [0.15, 0.2) is 0 Å². The summed E-state index contributed by atoms with van der Waals surface area (Å²) < 4.78 is 35.8. The Balaban J connectivity index is 2.82. The van der Waals surface area contributed by atoms with Gasteiger partial charge in [0.25, 0.3) is 5.92 Å². The average Bonchev–Trinajstić information content (AvgIpc) is 2.16. The van der Waals surface area contributed by atoms with Crippen molar-refractivity contribution in [1.29, 1.82) is 0 Å². The van der Waals surface area contributed by atoms with E-state index in [-0.39, 0.29) is 17.8 Å². The number of alkyl halides is 2. The Morgan fingerprint density at radius 3 is 2.62 bits per heavy atom. The van der Waals surface area contributed by atoms with Gasteiger partial charge in [0.05, 0.1) is 6.61 Å². The fourth-order valence-electron chi connectivity index (χ4n) is 0.925. The Labute approximate surface area is 96.6 Å². The van der Waals surface area contributed by atoms with E-state index in [4.69, 9.17) is 21.1 Å². The molecule has 0 saturated heterocycles. The molecule has 0 saturated carbocycles. The van der Waals surface area contributed by atoms with Gasteiger partial charge in [-0.25, -0.2) is 4.98 Å². The summed E-state index contributed by atoms with van der Waals surface area (Å²) in [5, 5.41) is -0.272. The number of nitrogens with zero attached hydrogens (tertiary/aromatic N) is 2. The van der Waals surface area contributed by atoms with Gasteiger partial charge in [0, 0.05) is 20.1 Å². The molecule has 4 nitrogen and oxygen atoms in total. The summed E-state index contributed by atoms with van der Waals surface area (Å²) in [4.78, 5) is 7.09. The second-order valence-corrected chi connectivity index (χ2v) is 3.43. The summed E-state index contributed by atoms with van der Waals surface area (Å²) in [5.41, 5.74) is -0.472. The highest BCUT2D eigenvalue weighted by Crippen LogP contribution is 2.28. The van der Waals surface area contributed by atoms with Crippen LogP contribution in [0.25, 0.3) is 0 Å². The number of hydrogen-bond acceptors (Lipinski definition) is 4. The Morgan fingerprint density at radius 1 is 1.38 bits per heavy atom. The van der Waals surface area contributed by atoms with Crippen LogP contribution in [0.1, 0.15) is 12.6 Å². The van der Waals surface area contributed by atoms with Gasteiger partial charge in [-0.1, -0.05) is 0 Å². The van der Waals surface area contributed by atoms with E-state index in [1.165, 1.54) is 7.11 Å². The SMILES string of the molecule is COCCOc1cc(C(C)(F)F)nc(Cl)n1. The van der Waals surface area contributed by atoms with Crippen molar-refractivity contribution in [2.45, 2.75) is 12.8 Å². The third-order valence-corrected chi connectivity index (χ3v) is 1.83. The van der Waals surface area contributed by atoms with E-state index in [1.807, 2.05) is 0 Å². The summed E-state index contributed by atoms with van der Waals surface area (Å²) >= 11 is 5.50. The smallest absolute Gasteiger partial charge is 0.287 e. The van der Waals surface area contributed by atoms with Gasteiger partial charge < -0.3 is 9.47 Å². The quantitative estimate of drug-likeness (QED) is 0.596. The van der Waals surface area contributed by atoms with Crippen LogP contribution in [0.5, 0.6) is 5.88 Å². The third kappa shape index (κ3) is 3.86. The van der Waals surface area contributed by atoms with Crippen molar-refractivity contribution in [3.8, 4) is 5.88 Å². The molecule has 0 unspecified atom stereocenters. The van der Waals surface area contributed by atoms with E-state index < -0.39 is 11.6 Å². The lowest BCUT2D eigenvalue weighted by Crippen LogP contribution is -2.12. The van der Waals surface area contributed by atoms with E-state index in [0.717, 1.165) is 13.0 Å². The molecule has 1 heterocycles. The van der Waals surface area contributed by atoms with Crippen molar-refractivity contribution < 1.29 is 18.3 Å². The summed E-state index contributed by atoms with van der Waals surface area (Å²) in [6.45, 7) is 1.27. The molecule has 1 aromatic rings. The number of ether oxygens (including phenoxy) is 2. The highest BCUT2D eigenvalue weighted by molar-refractivity contribution is 6.28. The van der Waals surface area contributed by atoms with Gasteiger partial charge in [-0.3, -0.25) is 0 Å². The van der Waals surface area contributed by atoms with Crippen molar-refractivity contribution in [2.75, 3.05) is 20.3 Å². The summed E-state index contributed by atoms with van der Waals surface area (Å²) in [7, 11) is 1.50. The van der Waals surface area contributed by atoms with Gasteiger partial charge in [-0.15, -0.1) is 0 Å². The maximum absolute atomic E-state index is 13.0. The molecule has 0 radical (unpaired) electrons. The van der Waals surface area contributed by atoms with Crippen molar-refractivity contribution in [3.05, 3.63) is 17.0 Å². The molecule has 0 aromatic carbocycles. The first kappa shape index (κ1) is 13.1. The van der Waals surface area contributed by atoms with Gasteiger partial charge in [-0.05, 0) is 11.6 Å². The Morgan fingerprint density at radius 2 is 2.06 bits per heavy atom. The van der Waals surface area contributed by atoms with Crippen LogP contribution in [0.4, 0.5) is 8.78 Å². The molecule has 0 N–H and O–H groups in total. The van der Waals surface area contributed by atoms with Gasteiger partial charge >= 0.3 is 0 Å². The van der Waals surface area contributed by atoms with E-state index >= 15 is 0 Å². The van der Waals surface area contributed by atoms with Crippen molar-refractivity contribution in [2.24, 2.45) is 0 Å². The lowest BCUT2D eigenvalue weighted by atomic mass is 10.2. The normalized spacial score (nSPS) is 11.6. The van der Waals surface area contributed by atoms with E-state index in [0.29, 0.717) is 6.61 Å². The first-order valence-corrected chi connectivity index (χ1v) is 4.86. The first-order chi connectivity index (χ1) is 7.43. The van der Waals surface area contributed by atoms with Crippen LogP contribution in [-0.2, 0) is 10.7 Å². The Kier molecular flexibility index (Phi) is 4.37. The minimum absolute atomic E-state index is 0.00794. The predicted octanol–water partition coefficient (Wildman–Crippen LogP) is 2.27. The lowest BCUT2D eigenvalue weighted by molar-refractivity contribution is 0.0122. The van der Waals surface area contributed by atoms with Crippen LogP contribution >= 0.6 is 11.6 Å². The van der Waals surface area contributed by atoms with Crippen LogP contribution in [-0.4, -0.2) is 30.3 Å². The standard InChI is InChI=1S/C9H11ClF2N2O2/c1-9(11,12)6-5-7(14-8(10)13-6)16-4-3-15-2/h5H,3-4H2,1-2H3. The molecule has 0 aliphatic rings. The number of halogens is 3. The number of rotatable bonds is 5. The summed E-state index contributed by atoms with van der Waals surface area (Å²) in [6.07, 6.45) is 0. The number of hydrogen-bond donors (Lipinski definition) is 0. The van der Waals surface area contributed by atoms with Crippen LogP contribution in [0.3, 0.4) is 0 Å². The molecule has 0 amide bonds. The molecule has 1 aromatic heterocycles. The molecule has 7 heteroatoms. The number of methoxy groups -OCH3 is 1. The van der Waals surface area contributed by atoms with E-state index in [1.54, 1.807) is 0 Å². The Hall–Kier alpha value is -1.01. The molecule has 0 aliphatic heterocycles. The fourth-order valence-corrected chi connectivity index (χ4v) is 1.10. The van der Waals surface area contributed by atoms with Gasteiger partial charge in [0.2, 0.25) is 11.2 Å². The molecule has 16 heavy (non-hydrogen) atoms. The zero-order valence-corrected chi connectivity index (χ0v) is 9.59. The van der Waals surface area contributed by atoms with Crippen LogP contribution in [0, 0.1) is 0 Å². The molecule has 0 aliphatic carbocycles. The molecule has 0 bridgehead atoms. The maximum Gasteiger partial charge on any atom is 0.287 e. The monoisotopic (exact) mass is 252 g/mol. The molecule has 0 fully saturated rings. The van der Waals surface area contributed by atoms with Crippen LogP contribution in [0.2, 0.25) is 5.28 Å². The fraction of sp³-hybridized carbons (Fsp3) is 0.556. The minimum atomic E-state index is -3.08. The Bertz CT molecular complexity index is 358. The molecule has 90 valence electrons. The highest BCUT2D eigenvalue weighted by Gasteiger charge is 2.27. The molecule has 0 atom stereocenters. The van der Waals surface area contributed by atoms with E-state index in [9.17, 15) is 8.78 Å². The van der Waals surface area contributed by atoms with Crippen molar-refractivity contribution >= 4 is 11.6 Å². The van der Waals surface area contributed by atoms with E-state index in [2.05, 4.69) is 9.97 Å². The molecule has 0 spiro atoms. The van der Waals surface area contributed by atoms with Crippen LogP contribution in [0.15, 0.2) is 6.07 Å². The molecular formula is C9H11ClF2N2O2. The predicted molar refractivity (Wildman–Crippen MR) is 54.0 cm³/mol. The summed E-state index contributed by atoms with van der Waals surface area (Å²) in [5.74, 6) is -3.07. The van der Waals surface area contributed by atoms with Gasteiger partial charge in [0.1, 0.15) is 12.3 Å². The third-order valence-electron chi connectivity index (χ3n) is 1.66. The lowest BCUT2D eigenvalue weighted by Gasteiger charge is -2.11. The van der Waals surface area contributed by atoms with Gasteiger partial charge in [-0.2, -0.15) is 13.8 Å². The zero-order chi connectivity index (χ0) is 12.2. The van der Waals surface area contributed by atoms with Crippen molar-refractivity contribution in [3.63, 3.8) is 0 Å². The van der Waals surface area contributed by atoms with Crippen molar-refractivity contribution in [1.82, 2.24) is 9.97 Å². The second-order valence-electron chi connectivity index (χ2n) is 3.09. The average molecular weight is 253 g/mol. The molecule has 1 rings (SSSR count). The molecular weight excluding hydrogens is 242 g/mol. The highest BCUT2D eigenvalue weighted by atomic mass is 35.5. The second kappa shape index (κ2) is 5.36. The summed E-state index contributed by atoms with van der Waals surface area (Å²) in [6, 6.07) is 1.06. The first-order valence-electron chi connectivity index (χ1n) is 4.48. The topological polar surface area (TPSA) is 44.2 Å². The zero-order valence-electron chi connectivity index (χ0n) is 8.84. The minimum Gasteiger partial charge on any atom is -0.475 e. The largest absolute Gasteiger partial charge is 0.475 e. The van der Waals surface area contributed by atoms with Crippen LogP contribution < -0.4 is 4.74 Å². The maximum atomic E-state index is 13.0.